The Bertz CT molecular complexity index is 219. The van der Waals surface area contributed by atoms with Gasteiger partial charge in [-0.3, -0.25) is 0 Å². The van der Waals surface area contributed by atoms with Gasteiger partial charge in [0.25, 0.3) is 0 Å². The lowest BCUT2D eigenvalue weighted by Gasteiger charge is -2.26. The second-order valence-corrected chi connectivity index (χ2v) is 6.37. The quantitative estimate of drug-likeness (QED) is 0.569. The predicted octanol–water partition coefficient (Wildman–Crippen LogP) is 1.88. The van der Waals surface area contributed by atoms with Crippen LogP contribution in [0, 0.1) is 5.92 Å². The van der Waals surface area contributed by atoms with Crippen molar-refractivity contribution in [1.29, 1.82) is 0 Å². The Hall–Kier alpha value is -0.160. The van der Waals surface area contributed by atoms with E-state index in [1.165, 1.54) is 38.8 Å². The first kappa shape index (κ1) is 17.9. The van der Waals surface area contributed by atoms with E-state index in [-0.39, 0.29) is 6.10 Å². The summed E-state index contributed by atoms with van der Waals surface area (Å²) in [6.45, 7) is 10.8. The van der Waals surface area contributed by atoms with E-state index in [0.717, 1.165) is 32.0 Å². The molecule has 4 heteroatoms. The summed E-state index contributed by atoms with van der Waals surface area (Å²) in [6.07, 6.45) is 5.98. The number of aliphatic hydroxyl groups is 1. The number of hydrogen-bond acceptors (Lipinski definition) is 4. The van der Waals surface area contributed by atoms with Crippen LogP contribution in [0.2, 0.25) is 0 Å². The highest BCUT2D eigenvalue weighted by Crippen LogP contribution is 2.07. The van der Waals surface area contributed by atoms with Crippen LogP contribution < -0.4 is 5.32 Å². The molecule has 1 atom stereocenters. The number of aliphatic hydroxyl groups excluding tert-OH is 1. The van der Waals surface area contributed by atoms with Gasteiger partial charge in [-0.25, -0.2) is 0 Å². The van der Waals surface area contributed by atoms with E-state index in [4.69, 9.17) is 4.74 Å². The van der Waals surface area contributed by atoms with Crippen molar-refractivity contribution < 1.29 is 9.84 Å². The van der Waals surface area contributed by atoms with Crippen molar-refractivity contribution in [1.82, 2.24) is 10.2 Å². The molecule has 0 amide bonds. The third kappa shape index (κ3) is 9.70. The molecule has 0 aromatic rings. The molecule has 0 aromatic heterocycles. The number of ether oxygens (including phenoxy) is 1. The lowest BCUT2D eigenvalue weighted by molar-refractivity contribution is 0.0345. The minimum atomic E-state index is -0.379. The predicted molar refractivity (Wildman–Crippen MR) is 84.1 cm³/mol. The SMILES string of the molecule is CC(C)CCCOCC(O)CNCCN1CCCCC1. The summed E-state index contributed by atoms with van der Waals surface area (Å²) in [5.74, 6) is 0.736. The molecule has 1 aliphatic heterocycles. The molecular weight excluding hydrogens is 252 g/mol. The van der Waals surface area contributed by atoms with Gasteiger partial charge in [0.05, 0.1) is 12.7 Å². The van der Waals surface area contributed by atoms with E-state index in [9.17, 15) is 5.11 Å². The summed E-state index contributed by atoms with van der Waals surface area (Å²) in [7, 11) is 0. The van der Waals surface area contributed by atoms with Gasteiger partial charge in [0, 0.05) is 26.2 Å². The van der Waals surface area contributed by atoms with Gasteiger partial charge in [-0.1, -0.05) is 20.3 Å². The highest BCUT2D eigenvalue weighted by molar-refractivity contribution is 4.66. The Morgan fingerprint density at radius 1 is 1.20 bits per heavy atom. The first-order valence-electron chi connectivity index (χ1n) is 8.37. The third-order valence-corrected chi connectivity index (χ3v) is 3.81. The summed E-state index contributed by atoms with van der Waals surface area (Å²) < 4.78 is 5.49. The fourth-order valence-electron chi connectivity index (χ4n) is 2.56. The fraction of sp³-hybridized carbons (Fsp3) is 1.00. The zero-order valence-corrected chi connectivity index (χ0v) is 13.4. The highest BCUT2D eigenvalue weighted by Gasteiger charge is 2.09. The van der Waals surface area contributed by atoms with Crippen molar-refractivity contribution in [2.24, 2.45) is 5.92 Å². The molecule has 1 heterocycles. The number of hydrogen-bond donors (Lipinski definition) is 2. The van der Waals surface area contributed by atoms with E-state index in [1.54, 1.807) is 0 Å². The molecule has 120 valence electrons. The average Bonchev–Trinajstić information content (AvgIpc) is 2.44. The van der Waals surface area contributed by atoms with Crippen molar-refractivity contribution in [3.8, 4) is 0 Å². The highest BCUT2D eigenvalue weighted by atomic mass is 16.5. The van der Waals surface area contributed by atoms with Crippen LogP contribution in [0.3, 0.4) is 0 Å². The third-order valence-electron chi connectivity index (χ3n) is 3.81. The summed E-state index contributed by atoms with van der Waals surface area (Å²) in [5, 5.41) is 13.1. The standard InChI is InChI=1S/C16H34N2O2/c1-15(2)7-6-12-20-14-16(19)13-17-8-11-18-9-4-3-5-10-18/h15-17,19H,3-14H2,1-2H3. The molecule has 1 aliphatic rings. The number of piperidine rings is 1. The Morgan fingerprint density at radius 3 is 2.65 bits per heavy atom. The van der Waals surface area contributed by atoms with Crippen molar-refractivity contribution >= 4 is 0 Å². The number of likely N-dealkylation sites (tertiary alicyclic amines) is 1. The number of rotatable bonds is 11. The molecule has 2 N–H and O–H groups in total. The second kappa shape index (κ2) is 11.5. The van der Waals surface area contributed by atoms with Gasteiger partial charge in [0.15, 0.2) is 0 Å². The van der Waals surface area contributed by atoms with Crippen molar-refractivity contribution in [3.63, 3.8) is 0 Å². The maximum atomic E-state index is 9.79. The van der Waals surface area contributed by atoms with Gasteiger partial charge in [-0.05, 0) is 44.7 Å². The molecule has 0 aromatic carbocycles. The van der Waals surface area contributed by atoms with Gasteiger partial charge in [0.2, 0.25) is 0 Å². The molecule has 0 radical (unpaired) electrons. The topological polar surface area (TPSA) is 44.7 Å². The van der Waals surface area contributed by atoms with Crippen molar-refractivity contribution in [3.05, 3.63) is 0 Å². The number of nitrogens with zero attached hydrogens (tertiary/aromatic N) is 1. The van der Waals surface area contributed by atoms with E-state index < -0.39 is 0 Å². The zero-order chi connectivity index (χ0) is 14.6. The minimum Gasteiger partial charge on any atom is -0.389 e. The van der Waals surface area contributed by atoms with Crippen LogP contribution in [0.5, 0.6) is 0 Å². The number of nitrogens with one attached hydrogen (secondary N) is 1. The van der Waals surface area contributed by atoms with Crippen LogP contribution in [-0.2, 0) is 4.74 Å². The maximum absolute atomic E-state index is 9.79. The maximum Gasteiger partial charge on any atom is 0.0897 e. The van der Waals surface area contributed by atoms with Crippen LogP contribution in [0.15, 0.2) is 0 Å². The molecule has 0 spiro atoms. The monoisotopic (exact) mass is 286 g/mol. The summed E-state index contributed by atoms with van der Waals surface area (Å²) in [5.41, 5.74) is 0. The Morgan fingerprint density at radius 2 is 1.95 bits per heavy atom. The lowest BCUT2D eigenvalue weighted by Crippen LogP contribution is -2.38. The van der Waals surface area contributed by atoms with Gasteiger partial charge in [-0.15, -0.1) is 0 Å². The van der Waals surface area contributed by atoms with E-state index in [1.807, 2.05) is 0 Å². The van der Waals surface area contributed by atoms with Gasteiger partial charge in [-0.2, -0.15) is 0 Å². The largest absolute Gasteiger partial charge is 0.389 e. The molecule has 0 saturated carbocycles. The summed E-state index contributed by atoms with van der Waals surface area (Å²) in [6, 6.07) is 0. The van der Waals surface area contributed by atoms with Crippen LogP contribution in [0.25, 0.3) is 0 Å². The average molecular weight is 286 g/mol. The minimum absolute atomic E-state index is 0.379. The second-order valence-electron chi connectivity index (χ2n) is 6.37. The smallest absolute Gasteiger partial charge is 0.0897 e. The molecular formula is C16H34N2O2. The van der Waals surface area contributed by atoms with E-state index >= 15 is 0 Å². The fourth-order valence-corrected chi connectivity index (χ4v) is 2.56. The lowest BCUT2D eigenvalue weighted by atomic mass is 10.1. The van der Waals surface area contributed by atoms with Gasteiger partial charge in [0.1, 0.15) is 0 Å². The Labute approximate surface area is 124 Å². The Balaban J connectivity index is 1.85. The van der Waals surface area contributed by atoms with Gasteiger partial charge >= 0.3 is 0 Å². The molecule has 1 rings (SSSR count). The van der Waals surface area contributed by atoms with Crippen molar-refractivity contribution in [2.75, 3.05) is 45.9 Å². The van der Waals surface area contributed by atoms with Crippen LogP contribution in [0.4, 0.5) is 0 Å². The molecule has 1 fully saturated rings. The molecule has 4 nitrogen and oxygen atoms in total. The molecule has 0 bridgehead atoms. The van der Waals surface area contributed by atoms with E-state index in [0.29, 0.717) is 13.2 Å². The summed E-state index contributed by atoms with van der Waals surface area (Å²) >= 11 is 0. The first-order valence-corrected chi connectivity index (χ1v) is 8.37. The van der Waals surface area contributed by atoms with Gasteiger partial charge < -0.3 is 20.1 Å². The van der Waals surface area contributed by atoms with E-state index in [2.05, 4.69) is 24.1 Å². The molecule has 0 aliphatic carbocycles. The molecule has 1 saturated heterocycles. The first-order chi connectivity index (χ1) is 9.68. The van der Waals surface area contributed by atoms with Crippen molar-refractivity contribution in [2.45, 2.75) is 52.1 Å². The summed E-state index contributed by atoms with van der Waals surface area (Å²) in [4.78, 5) is 2.51. The zero-order valence-electron chi connectivity index (χ0n) is 13.4. The Kier molecular flexibility index (Phi) is 10.3. The normalized spacial score (nSPS) is 18.6. The molecule has 20 heavy (non-hydrogen) atoms. The van der Waals surface area contributed by atoms with Crippen LogP contribution in [-0.4, -0.2) is 62.0 Å². The molecule has 1 unspecified atom stereocenters. The van der Waals surface area contributed by atoms with Crippen LogP contribution in [0.1, 0.15) is 46.0 Å². The van der Waals surface area contributed by atoms with Crippen LogP contribution >= 0.6 is 0 Å².